The Morgan fingerprint density at radius 2 is 2.06 bits per heavy atom. The molecule has 1 saturated carbocycles. The first-order valence-electron chi connectivity index (χ1n) is 10.7. The molecule has 6 heteroatoms. The molecule has 0 amide bonds. The Bertz CT molecular complexity index is 1190. The average molecular weight is 436 g/mol. The van der Waals surface area contributed by atoms with Crippen LogP contribution in [0.1, 0.15) is 50.2 Å². The number of nitrogens with one attached hydrogen (secondary N) is 1. The van der Waals surface area contributed by atoms with E-state index in [1.807, 2.05) is 30.3 Å². The van der Waals surface area contributed by atoms with Crippen molar-refractivity contribution in [3.8, 4) is 11.8 Å². The Hall–Kier alpha value is -2.81. The lowest BCUT2D eigenvalue weighted by molar-refractivity contribution is 0.104. The molecule has 0 unspecified atom stereocenters. The van der Waals surface area contributed by atoms with Crippen LogP contribution in [0.2, 0.25) is 5.02 Å². The van der Waals surface area contributed by atoms with Gasteiger partial charge in [0.15, 0.2) is 0 Å². The summed E-state index contributed by atoms with van der Waals surface area (Å²) in [5, 5.41) is 11.1. The monoisotopic (exact) mass is 435 g/mol. The molecule has 5 nitrogen and oxygen atoms in total. The SMILES string of the molecule is CC[C@@H](N)C1(c2cccc(C#N)c2)CCC(Oc2cc3cc[nH]c(=O)c3cc2Cl)CC1. The number of nitriles is 1. The second-order valence-corrected chi connectivity index (χ2v) is 8.76. The highest BCUT2D eigenvalue weighted by Gasteiger charge is 2.41. The summed E-state index contributed by atoms with van der Waals surface area (Å²) in [6, 6.07) is 15.4. The van der Waals surface area contributed by atoms with Crippen molar-refractivity contribution in [2.24, 2.45) is 5.73 Å². The van der Waals surface area contributed by atoms with Crippen LogP contribution in [0.15, 0.2) is 53.5 Å². The third-order valence-corrected chi connectivity index (χ3v) is 6.96. The minimum absolute atomic E-state index is 0.0124. The fourth-order valence-electron chi connectivity index (χ4n) is 4.85. The molecule has 1 aliphatic rings. The molecule has 0 saturated heterocycles. The Morgan fingerprint density at radius 1 is 1.29 bits per heavy atom. The molecule has 0 radical (unpaired) electrons. The molecular formula is C25H26ClN3O2. The van der Waals surface area contributed by atoms with Gasteiger partial charge in [0.25, 0.3) is 5.56 Å². The van der Waals surface area contributed by atoms with Crippen LogP contribution < -0.4 is 16.0 Å². The molecule has 3 N–H and O–H groups in total. The van der Waals surface area contributed by atoms with Crippen molar-refractivity contribution in [1.82, 2.24) is 4.98 Å². The van der Waals surface area contributed by atoms with Crippen LogP contribution in [-0.2, 0) is 5.41 Å². The normalized spacial score (nSPS) is 22.1. The van der Waals surface area contributed by atoms with Crippen LogP contribution in [-0.4, -0.2) is 17.1 Å². The van der Waals surface area contributed by atoms with Crippen LogP contribution in [0.5, 0.6) is 5.75 Å². The molecule has 3 aromatic rings. The summed E-state index contributed by atoms with van der Waals surface area (Å²) in [5.74, 6) is 0.600. The van der Waals surface area contributed by atoms with Gasteiger partial charge < -0.3 is 15.5 Å². The number of ether oxygens (including phenoxy) is 1. The first-order chi connectivity index (χ1) is 15.0. The number of H-pyrrole nitrogens is 1. The Labute approximate surface area is 186 Å². The van der Waals surface area contributed by atoms with Gasteiger partial charge in [-0.1, -0.05) is 30.7 Å². The minimum Gasteiger partial charge on any atom is -0.489 e. The highest BCUT2D eigenvalue weighted by Crippen LogP contribution is 2.44. The molecule has 0 spiro atoms. The predicted octanol–water partition coefficient (Wildman–Crippen LogP) is 5.05. The number of aromatic amines is 1. The number of rotatable bonds is 5. The molecule has 160 valence electrons. The zero-order valence-electron chi connectivity index (χ0n) is 17.5. The number of fused-ring (bicyclic) bond motifs is 1. The Balaban J connectivity index is 1.56. The third kappa shape index (κ3) is 4.06. The summed E-state index contributed by atoms with van der Waals surface area (Å²) in [6.07, 6.45) is 5.96. The van der Waals surface area contributed by atoms with Gasteiger partial charge in [-0.25, -0.2) is 0 Å². The molecule has 2 aromatic carbocycles. The van der Waals surface area contributed by atoms with Gasteiger partial charge in [0.1, 0.15) is 5.75 Å². The molecule has 1 atom stereocenters. The van der Waals surface area contributed by atoms with Gasteiger partial charge in [-0.3, -0.25) is 4.79 Å². The molecule has 0 aliphatic heterocycles. The minimum atomic E-state index is -0.165. The summed E-state index contributed by atoms with van der Waals surface area (Å²) in [6.45, 7) is 2.11. The standard InChI is InChI=1S/C25H26ClN3O2/c1-2-23(28)25(18-5-3-4-16(12-18)15-27)9-6-19(7-10-25)31-22-13-17-8-11-29-24(30)20(17)14-21(22)26/h3-5,8,11-14,19,23H,2,6-7,9-10,28H2,1H3,(H,29,30)/t19?,23-,25?/m1/s1. The van der Waals surface area contributed by atoms with Crippen LogP contribution in [0, 0.1) is 11.3 Å². The lowest BCUT2D eigenvalue weighted by atomic mass is 9.63. The topological polar surface area (TPSA) is 91.9 Å². The maximum Gasteiger partial charge on any atom is 0.255 e. The lowest BCUT2D eigenvalue weighted by Crippen LogP contribution is -2.48. The smallest absolute Gasteiger partial charge is 0.255 e. The zero-order valence-corrected chi connectivity index (χ0v) is 18.3. The zero-order chi connectivity index (χ0) is 22.0. The van der Waals surface area contributed by atoms with Crippen LogP contribution in [0.25, 0.3) is 10.8 Å². The van der Waals surface area contributed by atoms with E-state index in [0.717, 1.165) is 43.1 Å². The molecule has 1 heterocycles. The lowest BCUT2D eigenvalue weighted by Gasteiger charge is -2.44. The van der Waals surface area contributed by atoms with Gasteiger partial charge in [-0.2, -0.15) is 5.26 Å². The Morgan fingerprint density at radius 3 is 2.77 bits per heavy atom. The van der Waals surface area contributed by atoms with Crippen molar-refractivity contribution in [3.05, 3.63) is 75.2 Å². The summed E-state index contributed by atoms with van der Waals surface area (Å²) in [4.78, 5) is 14.7. The first-order valence-corrected chi connectivity index (χ1v) is 11.1. The van der Waals surface area contributed by atoms with Crippen molar-refractivity contribution in [2.75, 3.05) is 0 Å². The number of halogens is 1. The second kappa shape index (κ2) is 8.74. The van der Waals surface area contributed by atoms with Crippen LogP contribution in [0.4, 0.5) is 0 Å². The van der Waals surface area contributed by atoms with E-state index in [-0.39, 0.29) is 23.1 Å². The van der Waals surface area contributed by atoms with Crippen LogP contribution in [0.3, 0.4) is 0 Å². The van der Waals surface area contributed by atoms with E-state index in [0.29, 0.717) is 21.7 Å². The van der Waals surface area contributed by atoms with E-state index >= 15 is 0 Å². The number of nitrogens with zero attached hydrogens (tertiary/aromatic N) is 1. The van der Waals surface area contributed by atoms with Gasteiger partial charge in [0.2, 0.25) is 0 Å². The van der Waals surface area contributed by atoms with Gasteiger partial charge in [0.05, 0.1) is 22.8 Å². The molecule has 4 rings (SSSR count). The quantitative estimate of drug-likeness (QED) is 0.586. The molecule has 31 heavy (non-hydrogen) atoms. The third-order valence-electron chi connectivity index (χ3n) is 6.66. The van der Waals surface area contributed by atoms with Crippen molar-refractivity contribution in [3.63, 3.8) is 0 Å². The number of nitrogens with two attached hydrogens (primary N) is 1. The summed E-state index contributed by atoms with van der Waals surface area (Å²) in [5.41, 5.74) is 8.10. The highest BCUT2D eigenvalue weighted by molar-refractivity contribution is 6.32. The summed E-state index contributed by atoms with van der Waals surface area (Å²) >= 11 is 6.42. The van der Waals surface area contributed by atoms with E-state index in [1.165, 1.54) is 0 Å². The van der Waals surface area contributed by atoms with Crippen LogP contribution >= 0.6 is 11.6 Å². The maximum absolute atomic E-state index is 12.0. The van der Waals surface area contributed by atoms with E-state index in [2.05, 4.69) is 24.0 Å². The van der Waals surface area contributed by atoms with Crippen molar-refractivity contribution in [2.45, 2.75) is 56.6 Å². The number of aromatic nitrogens is 1. The molecule has 1 fully saturated rings. The van der Waals surface area contributed by atoms with E-state index in [9.17, 15) is 10.1 Å². The van der Waals surface area contributed by atoms with E-state index < -0.39 is 0 Å². The summed E-state index contributed by atoms with van der Waals surface area (Å²) in [7, 11) is 0. The number of hydrogen-bond donors (Lipinski definition) is 2. The highest BCUT2D eigenvalue weighted by atomic mass is 35.5. The molecule has 0 bridgehead atoms. The van der Waals surface area contributed by atoms with Crippen molar-refractivity contribution < 1.29 is 4.74 Å². The van der Waals surface area contributed by atoms with Crippen molar-refractivity contribution in [1.29, 1.82) is 5.26 Å². The Kier molecular flexibility index (Phi) is 6.04. The molecule has 1 aliphatic carbocycles. The van der Waals surface area contributed by atoms with Gasteiger partial charge in [-0.15, -0.1) is 0 Å². The fourth-order valence-corrected chi connectivity index (χ4v) is 5.05. The fraction of sp³-hybridized carbons (Fsp3) is 0.360. The van der Waals surface area contributed by atoms with Gasteiger partial charge >= 0.3 is 0 Å². The van der Waals surface area contributed by atoms with E-state index in [1.54, 1.807) is 12.3 Å². The largest absolute Gasteiger partial charge is 0.489 e. The number of pyridine rings is 1. The summed E-state index contributed by atoms with van der Waals surface area (Å²) < 4.78 is 6.28. The van der Waals surface area contributed by atoms with E-state index in [4.69, 9.17) is 22.1 Å². The molecule has 1 aromatic heterocycles. The van der Waals surface area contributed by atoms with Crippen molar-refractivity contribution >= 4 is 22.4 Å². The predicted molar refractivity (Wildman–Crippen MR) is 124 cm³/mol. The van der Waals surface area contributed by atoms with Gasteiger partial charge in [0, 0.05) is 23.0 Å². The van der Waals surface area contributed by atoms with Gasteiger partial charge in [-0.05, 0) is 73.4 Å². The average Bonchev–Trinajstić information content (AvgIpc) is 2.80. The molecular weight excluding hydrogens is 410 g/mol. The second-order valence-electron chi connectivity index (χ2n) is 8.36. The maximum atomic E-state index is 12.0. The number of benzene rings is 2. The first kappa shape index (κ1) is 21.4. The number of hydrogen-bond acceptors (Lipinski definition) is 4.